The highest BCUT2D eigenvalue weighted by Crippen LogP contribution is 2.46. The van der Waals surface area contributed by atoms with Gasteiger partial charge in [-0.05, 0) is 70.1 Å². The molecule has 14 nitrogen and oxygen atoms in total. The van der Waals surface area contributed by atoms with Crippen LogP contribution in [0.1, 0.15) is 76.8 Å². The number of hydrogen-bond donors (Lipinski definition) is 3. The largest absolute Gasteiger partial charge is 0.444 e. The lowest BCUT2D eigenvalue weighted by Gasteiger charge is -2.30. The van der Waals surface area contributed by atoms with Gasteiger partial charge in [0.15, 0.2) is 0 Å². The van der Waals surface area contributed by atoms with E-state index in [1.807, 2.05) is 30.3 Å². The Kier molecular flexibility index (Phi) is 12.1. The maximum absolute atomic E-state index is 14.4. The second-order valence-electron chi connectivity index (χ2n) is 15.3. The van der Waals surface area contributed by atoms with E-state index in [1.165, 1.54) is 4.90 Å². The molecule has 5 atom stereocenters. The SMILES string of the molecule is CC(C)(C)OC(=O)N[C@H]1CCCCC/C=C\[C@@H]2C[C@@]2(C(=O)NS(=O)(=O)c2cc(Cl)sc2Cl)NC(=O)[C@@H]2C[C@@H](OC(=O)N3CCc4ccccc4C3)CN2C1=O. The van der Waals surface area contributed by atoms with Gasteiger partial charge in [-0.25, -0.2) is 22.7 Å². The Bertz CT molecular complexity index is 1980. The van der Waals surface area contributed by atoms with Crippen LogP contribution >= 0.6 is 34.5 Å². The molecule has 1 aromatic heterocycles. The molecule has 0 bridgehead atoms. The molecule has 0 unspecified atom stereocenters. The molecule has 1 aliphatic carbocycles. The highest BCUT2D eigenvalue weighted by molar-refractivity contribution is 7.90. The number of halogens is 2. The van der Waals surface area contributed by atoms with E-state index < -0.39 is 75.2 Å². The molecule has 18 heteroatoms. The molecule has 0 spiro atoms. The van der Waals surface area contributed by atoms with Crippen LogP contribution in [0.2, 0.25) is 8.67 Å². The molecular formula is C37H45Cl2N5O9S2. The van der Waals surface area contributed by atoms with Crippen LogP contribution in [-0.4, -0.2) is 90.5 Å². The lowest BCUT2D eigenvalue weighted by Crippen LogP contribution is -2.58. The fourth-order valence-corrected chi connectivity index (χ4v) is 10.4. The molecule has 1 saturated carbocycles. The van der Waals surface area contributed by atoms with Crippen LogP contribution < -0.4 is 15.4 Å². The maximum atomic E-state index is 14.4. The Balaban J connectivity index is 1.27. The number of carbonyl (C=O) groups excluding carboxylic acids is 5. The molecular weight excluding hydrogens is 793 g/mol. The molecule has 3 N–H and O–H groups in total. The van der Waals surface area contributed by atoms with E-state index in [4.69, 9.17) is 32.7 Å². The predicted molar refractivity (Wildman–Crippen MR) is 205 cm³/mol. The van der Waals surface area contributed by atoms with Gasteiger partial charge in [-0.1, -0.05) is 72.5 Å². The Morgan fingerprint density at radius 3 is 2.53 bits per heavy atom. The number of allylic oxidation sites excluding steroid dienone is 1. The quantitative estimate of drug-likeness (QED) is 0.337. The van der Waals surface area contributed by atoms with Gasteiger partial charge in [0.1, 0.15) is 38.6 Å². The minimum absolute atomic E-state index is 0.0903. The average Bonchev–Trinajstić information content (AvgIpc) is 3.43. The number of benzene rings is 1. The molecule has 5 amide bonds. The fourth-order valence-electron chi connectivity index (χ4n) is 7.26. The number of ether oxygens (including phenoxy) is 2. The van der Waals surface area contributed by atoms with Crippen molar-refractivity contribution in [2.24, 2.45) is 5.92 Å². The first-order valence-electron chi connectivity index (χ1n) is 18.3. The molecule has 3 aliphatic heterocycles. The van der Waals surface area contributed by atoms with Gasteiger partial charge in [0.25, 0.3) is 15.9 Å². The van der Waals surface area contributed by atoms with Crippen molar-refractivity contribution in [3.63, 3.8) is 0 Å². The van der Waals surface area contributed by atoms with E-state index in [1.54, 1.807) is 31.7 Å². The smallest absolute Gasteiger partial charge is 0.410 e. The molecule has 298 valence electrons. The first-order chi connectivity index (χ1) is 26.0. The zero-order valence-corrected chi connectivity index (χ0v) is 33.9. The van der Waals surface area contributed by atoms with Gasteiger partial charge < -0.3 is 29.9 Å². The molecule has 1 saturated heterocycles. The van der Waals surface area contributed by atoms with Crippen LogP contribution in [0.15, 0.2) is 47.4 Å². The summed E-state index contributed by atoms with van der Waals surface area (Å²) in [6.07, 6.45) is 4.90. The van der Waals surface area contributed by atoms with Crippen LogP contribution in [0.25, 0.3) is 0 Å². The van der Waals surface area contributed by atoms with E-state index >= 15 is 0 Å². The summed E-state index contributed by atoms with van der Waals surface area (Å²) in [4.78, 5) is 71.5. The molecule has 1 aromatic carbocycles. The number of rotatable bonds is 5. The van der Waals surface area contributed by atoms with Gasteiger partial charge in [-0.3, -0.25) is 14.4 Å². The lowest BCUT2D eigenvalue weighted by molar-refractivity contribution is -0.141. The third kappa shape index (κ3) is 9.58. The number of thiophene rings is 1. The zero-order valence-electron chi connectivity index (χ0n) is 30.8. The number of carbonyl (C=O) groups is 5. The van der Waals surface area contributed by atoms with Crippen LogP contribution in [0.3, 0.4) is 0 Å². The van der Waals surface area contributed by atoms with E-state index in [2.05, 4.69) is 15.4 Å². The van der Waals surface area contributed by atoms with E-state index in [0.717, 1.165) is 35.0 Å². The van der Waals surface area contributed by atoms with Crippen LogP contribution in [0.5, 0.6) is 0 Å². The third-order valence-corrected chi connectivity index (χ3v) is 13.2. The van der Waals surface area contributed by atoms with Gasteiger partial charge >= 0.3 is 12.2 Å². The standard InChI is InChI=1S/C37H45Cl2N5O9S2/c1-36(2,3)53-34(48)40-26-14-8-6-4-5-7-13-24-19-37(24,33(47)42-55(50,51)28-18-29(38)54-30(28)39)41-31(45)27-17-25(21-44(27)32(26)46)52-35(49)43-16-15-22-11-9-10-12-23(22)20-43/h7,9-13,18,24-27H,4-6,8,14-17,19-21H2,1-3H3,(H,40,48)(H,41,45)(H,42,47)/b13-7-/t24-,25-,26+,27+,37-/m1/s1. The first-order valence-corrected chi connectivity index (χ1v) is 21.3. The number of nitrogens with zero attached hydrogens (tertiary/aromatic N) is 2. The summed E-state index contributed by atoms with van der Waals surface area (Å²) in [5.41, 5.74) is -0.372. The Hall–Kier alpha value is -3.86. The first kappa shape index (κ1) is 40.8. The predicted octanol–water partition coefficient (Wildman–Crippen LogP) is 5.31. The topological polar surface area (TPSA) is 181 Å². The number of amides is 5. The summed E-state index contributed by atoms with van der Waals surface area (Å²) in [5.74, 6) is -2.86. The van der Waals surface area contributed by atoms with Crippen LogP contribution in [-0.2, 0) is 46.8 Å². The number of hydrogen-bond acceptors (Lipinski definition) is 10. The molecule has 2 aromatic rings. The Morgan fingerprint density at radius 2 is 1.82 bits per heavy atom. The third-order valence-electron chi connectivity index (χ3n) is 10.1. The molecule has 2 fully saturated rings. The van der Waals surface area contributed by atoms with Gasteiger partial charge in [0.05, 0.1) is 10.9 Å². The number of nitrogens with one attached hydrogen (secondary N) is 3. The highest BCUT2D eigenvalue weighted by atomic mass is 35.5. The molecule has 4 aliphatic rings. The minimum atomic E-state index is -4.48. The van der Waals surface area contributed by atoms with Crippen molar-refractivity contribution in [3.8, 4) is 0 Å². The summed E-state index contributed by atoms with van der Waals surface area (Å²) >= 11 is 12.9. The summed E-state index contributed by atoms with van der Waals surface area (Å²) < 4.78 is 40.0. The van der Waals surface area contributed by atoms with E-state index in [9.17, 15) is 32.4 Å². The molecule has 4 heterocycles. The fraction of sp³-hybridized carbons (Fsp3) is 0.541. The normalized spacial score (nSPS) is 26.6. The average molecular weight is 839 g/mol. The van der Waals surface area contributed by atoms with Crippen LogP contribution in [0, 0.1) is 5.92 Å². The van der Waals surface area contributed by atoms with E-state index in [0.29, 0.717) is 38.8 Å². The highest BCUT2D eigenvalue weighted by Gasteiger charge is 2.62. The summed E-state index contributed by atoms with van der Waals surface area (Å²) in [5, 5.41) is 5.47. The van der Waals surface area contributed by atoms with Crippen molar-refractivity contribution in [2.75, 3.05) is 13.1 Å². The molecule has 55 heavy (non-hydrogen) atoms. The van der Waals surface area contributed by atoms with Gasteiger partial charge in [0, 0.05) is 25.4 Å². The molecule has 0 radical (unpaired) electrons. The molecule has 6 rings (SSSR count). The summed E-state index contributed by atoms with van der Waals surface area (Å²) in [7, 11) is -4.48. The lowest BCUT2D eigenvalue weighted by atomic mass is 10.0. The number of sulfonamides is 1. The summed E-state index contributed by atoms with van der Waals surface area (Å²) in [6.45, 7) is 5.71. The van der Waals surface area contributed by atoms with Crippen molar-refractivity contribution >= 4 is 74.5 Å². The number of fused-ring (bicyclic) bond motifs is 3. The minimum Gasteiger partial charge on any atom is -0.444 e. The Labute approximate surface area is 334 Å². The monoisotopic (exact) mass is 837 g/mol. The van der Waals surface area contributed by atoms with Gasteiger partial charge in [-0.15, -0.1) is 11.3 Å². The number of alkyl carbamates (subject to hydrolysis) is 1. The van der Waals surface area contributed by atoms with Crippen molar-refractivity contribution < 1.29 is 41.9 Å². The van der Waals surface area contributed by atoms with Crippen molar-refractivity contribution in [3.05, 3.63) is 62.3 Å². The van der Waals surface area contributed by atoms with Gasteiger partial charge in [0.2, 0.25) is 11.8 Å². The second-order valence-corrected chi connectivity index (χ2v) is 19.3. The van der Waals surface area contributed by atoms with E-state index in [-0.39, 0.29) is 39.4 Å². The van der Waals surface area contributed by atoms with Gasteiger partial charge in [-0.2, -0.15) is 0 Å². The summed E-state index contributed by atoms with van der Waals surface area (Å²) in [6, 6.07) is 6.63. The maximum Gasteiger partial charge on any atom is 0.410 e. The van der Waals surface area contributed by atoms with Crippen LogP contribution in [0.4, 0.5) is 9.59 Å². The second kappa shape index (κ2) is 16.3. The Morgan fingerprint density at radius 1 is 1.07 bits per heavy atom. The van der Waals surface area contributed by atoms with Crippen molar-refractivity contribution in [1.82, 2.24) is 25.2 Å². The zero-order chi connectivity index (χ0) is 39.7. The van der Waals surface area contributed by atoms with Crippen molar-refractivity contribution in [1.29, 1.82) is 0 Å². The van der Waals surface area contributed by atoms with Crippen molar-refractivity contribution in [2.45, 2.75) is 113 Å².